The Morgan fingerprint density at radius 1 is 1.38 bits per heavy atom. The number of halogens is 2. The fourth-order valence-corrected chi connectivity index (χ4v) is 2.08. The van der Waals surface area contributed by atoms with Crippen molar-refractivity contribution in [1.29, 1.82) is 0 Å². The van der Waals surface area contributed by atoms with Crippen LogP contribution in [0.4, 0.5) is 10.1 Å². The van der Waals surface area contributed by atoms with E-state index < -0.39 is 0 Å². The van der Waals surface area contributed by atoms with E-state index in [1.165, 1.54) is 18.9 Å². The Bertz CT molecular complexity index is 363. The van der Waals surface area contributed by atoms with Crippen LogP contribution in [-0.2, 0) is 5.88 Å². The maximum absolute atomic E-state index is 13.4. The Morgan fingerprint density at radius 3 is 2.69 bits per heavy atom. The van der Waals surface area contributed by atoms with E-state index in [0.717, 1.165) is 30.3 Å². The summed E-state index contributed by atoms with van der Waals surface area (Å²) in [7, 11) is 0. The van der Waals surface area contributed by atoms with Crippen molar-refractivity contribution in [3.63, 3.8) is 0 Å². The lowest BCUT2D eigenvalue weighted by Gasteiger charge is -2.23. The van der Waals surface area contributed by atoms with Crippen molar-refractivity contribution >= 4 is 17.3 Å². The third-order valence-corrected chi connectivity index (χ3v) is 3.33. The lowest BCUT2D eigenvalue weighted by atomic mass is 10.2. The van der Waals surface area contributed by atoms with Gasteiger partial charge in [0.25, 0.3) is 0 Å². The average molecular weight is 242 g/mol. The highest BCUT2D eigenvalue weighted by Gasteiger charge is 2.24. The van der Waals surface area contributed by atoms with Crippen LogP contribution < -0.4 is 4.90 Å². The van der Waals surface area contributed by atoms with Gasteiger partial charge in [0.2, 0.25) is 0 Å². The lowest BCUT2D eigenvalue weighted by molar-refractivity contribution is 0.624. The van der Waals surface area contributed by atoms with Crippen LogP contribution in [0, 0.1) is 11.7 Å². The first-order valence-electron chi connectivity index (χ1n) is 5.83. The Morgan fingerprint density at radius 2 is 2.12 bits per heavy atom. The molecular weight excluding hydrogens is 225 g/mol. The Kier molecular flexibility index (Phi) is 3.70. The van der Waals surface area contributed by atoms with Crippen molar-refractivity contribution < 1.29 is 4.39 Å². The highest BCUT2D eigenvalue weighted by molar-refractivity contribution is 6.17. The average Bonchev–Trinajstić information content (AvgIpc) is 3.08. The zero-order valence-electron chi connectivity index (χ0n) is 9.55. The lowest BCUT2D eigenvalue weighted by Crippen LogP contribution is -2.25. The highest BCUT2D eigenvalue weighted by atomic mass is 35.5. The van der Waals surface area contributed by atoms with E-state index in [1.807, 2.05) is 6.07 Å². The van der Waals surface area contributed by atoms with Crippen LogP contribution in [0.3, 0.4) is 0 Å². The van der Waals surface area contributed by atoms with Crippen LogP contribution in [0.25, 0.3) is 0 Å². The zero-order chi connectivity index (χ0) is 11.5. The van der Waals surface area contributed by atoms with Crippen molar-refractivity contribution in [3.8, 4) is 0 Å². The molecular formula is C13H17ClFN. The second kappa shape index (κ2) is 5.05. The fourth-order valence-electron chi connectivity index (χ4n) is 1.92. The van der Waals surface area contributed by atoms with Gasteiger partial charge < -0.3 is 4.90 Å². The first-order valence-corrected chi connectivity index (χ1v) is 6.36. The molecule has 0 amide bonds. The van der Waals surface area contributed by atoms with E-state index in [9.17, 15) is 4.39 Å². The van der Waals surface area contributed by atoms with Gasteiger partial charge in [-0.1, -0.05) is 0 Å². The number of anilines is 1. The van der Waals surface area contributed by atoms with Crippen molar-refractivity contribution in [3.05, 3.63) is 29.6 Å². The Hall–Kier alpha value is -0.760. The molecule has 1 nitrogen and oxygen atoms in total. The van der Waals surface area contributed by atoms with Gasteiger partial charge in [-0.15, -0.1) is 11.6 Å². The van der Waals surface area contributed by atoms with Crippen molar-refractivity contribution in [2.45, 2.75) is 25.6 Å². The van der Waals surface area contributed by atoms with Crippen LogP contribution in [0.5, 0.6) is 0 Å². The van der Waals surface area contributed by atoms with Gasteiger partial charge in [0.15, 0.2) is 0 Å². The minimum absolute atomic E-state index is 0.192. The minimum atomic E-state index is -0.192. The predicted octanol–water partition coefficient (Wildman–Crippen LogP) is 3.80. The number of nitrogens with zero attached hydrogens (tertiary/aromatic N) is 1. The molecule has 0 bridgehead atoms. The molecule has 0 spiro atoms. The molecule has 0 aromatic heterocycles. The number of alkyl halides is 1. The van der Waals surface area contributed by atoms with Crippen LogP contribution in [-0.4, -0.2) is 13.1 Å². The van der Waals surface area contributed by atoms with Gasteiger partial charge in [-0.25, -0.2) is 4.39 Å². The topological polar surface area (TPSA) is 3.24 Å². The van der Waals surface area contributed by atoms with Gasteiger partial charge in [0.1, 0.15) is 5.82 Å². The molecule has 0 saturated heterocycles. The summed E-state index contributed by atoms with van der Waals surface area (Å²) in [6.45, 7) is 4.07. The summed E-state index contributed by atoms with van der Waals surface area (Å²) < 4.78 is 13.4. The van der Waals surface area contributed by atoms with Gasteiger partial charge in [0, 0.05) is 24.7 Å². The Labute approximate surface area is 101 Å². The van der Waals surface area contributed by atoms with E-state index in [-0.39, 0.29) is 5.82 Å². The van der Waals surface area contributed by atoms with Crippen molar-refractivity contribution in [2.75, 3.05) is 18.0 Å². The number of benzene rings is 1. The first-order chi connectivity index (χ1) is 7.72. The normalized spacial score (nSPS) is 15.2. The SMILES string of the molecule is CCN(CC1CC1)c1cc(F)cc(CCl)c1. The predicted molar refractivity (Wildman–Crippen MR) is 66.6 cm³/mol. The van der Waals surface area contributed by atoms with Gasteiger partial charge in [-0.2, -0.15) is 0 Å². The van der Waals surface area contributed by atoms with Crippen molar-refractivity contribution in [1.82, 2.24) is 0 Å². The molecule has 16 heavy (non-hydrogen) atoms. The molecule has 0 heterocycles. The van der Waals surface area contributed by atoms with Crippen molar-refractivity contribution in [2.24, 2.45) is 5.92 Å². The summed E-state index contributed by atoms with van der Waals surface area (Å²) in [6.07, 6.45) is 2.63. The molecule has 0 atom stereocenters. The molecule has 2 rings (SSSR count). The smallest absolute Gasteiger partial charge is 0.125 e. The molecule has 1 saturated carbocycles. The van der Waals surface area contributed by atoms with Crippen LogP contribution in [0.1, 0.15) is 25.3 Å². The molecule has 88 valence electrons. The largest absolute Gasteiger partial charge is 0.371 e. The Balaban J connectivity index is 2.17. The van der Waals surface area contributed by atoms with E-state index in [4.69, 9.17) is 11.6 Å². The summed E-state index contributed by atoms with van der Waals surface area (Å²) >= 11 is 5.75. The molecule has 0 aliphatic heterocycles. The second-order valence-electron chi connectivity index (χ2n) is 4.43. The molecule has 1 aromatic carbocycles. The maximum atomic E-state index is 13.4. The summed E-state index contributed by atoms with van der Waals surface area (Å²) in [5.74, 6) is 0.983. The van der Waals surface area contributed by atoms with Gasteiger partial charge in [0.05, 0.1) is 0 Å². The summed E-state index contributed by atoms with van der Waals surface area (Å²) in [5, 5.41) is 0. The summed E-state index contributed by atoms with van der Waals surface area (Å²) in [5.41, 5.74) is 1.82. The monoisotopic (exact) mass is 241 g/mol. The zero-order valence-corrected chi connectivity index (χ0v) is 10.3. The van der Waals surface area contributed by atoms with E-state index in [1.54, 1.807) is 6.07 Å². The third-order valence-electron chi connectivity index (χ3n) is 3.02. The van der Waals surface area contributed by atoms with E-state index in [2.05, 4.69) is 11.8 Å². The molecule has 3 heteroatoms. The van der Waals surface area contributed by atoms with E-state index >= 15 is 0 Å². The molecule has 0 radical (unpaired) electrons. The van der Waals surface area contributed by atoms with Crippen LogP contribution >= 0.6 is 11.6 Å². The molecule has 0 unspecified atom stereocenters. The van der Waals surface area contributed by atoms with Crippen LogP contribution in [0.15, 0.2) is 18.2 Å². The molecule has 1 aromatic rings. The second-order valence-corrected chi connectivity index (χ2v) is 4.70. The minimum Gasteiger partial charge on any atom is -0.371 e. The van der Waals surface area contributed by atoms with E-state index in [0.29, 0.717) is 5.88 Å². The van der Waals surface area contributed by atoms with Gasteiger partial charge in [-0.05, 0) is 49.4 Å². The summed E-state index contributed by atoms with van der Waals surface area (Å²) in [4.78, 5) is 2.23. The molecule has 0 N–H and O–H groups in total. The molecule has 1 aliphatic rings. The maximum Gasteiger partial charge on any atom is 0.125 e. The first kappa shape index (κ1) is 11.7. The third kappa shape index (κ3) is 2.88. The number of rotatable bonds is 5. The van der Waals surface area contributed by atoms with Crippen LogP contribution in [0.2, 0.25) is 0 Å². The molecule has 1 fully saturated rings. The standard InChI is InChI=1S/C13H17ClFN/c1-2-16(9-10-3-4-10)13-6-11(8-14)5-12(15)7-13/h5-7,10H,2-4,8-9H2,1H3. The van der Waals surface area contributed by atoms with Gasteiger partial charge >= 0.3 is 0 Å². The fraction of sp³-hybridized carbons (Fsp3) is 0.538. The molecule has 1 aliphatic carbocycles. The van der Waals surface area contributed by atoms with Gasteiger partial charge in [-0.3, -0.25) is 0 Å². The summed E-state index contributed by atoms with van der Waals surface area (Å²) in [6, 6.07) is 5.09. The quantitative estimate of drug-likeness (QED) is 0.709. The number of hydrogen-bond donors (Lipinski definition) is 0. The highest BCUT2D eigenvalue weighted by Crippen LogP contribution is 2.31. The number of hydrogen-bond acceptors (Lipinski definition) is 1.